The fourth-order valence-corrected chi connectivity index (χ4v) is 2.79. The Kier molecular flexibility index (Phi) is 4.59. The molecule has 2 rings (SSSR count). The van der Waals surface area contributed by atoms with E-state index < -0.39 is 0 Å². The second-order valence-corrected chi connectivity index (χ2v) is 5.35. The molecule has 1 aliphatic rings. The molecule has 0 heterocycles. The molecule has 0 aliphatic heterocycles. The highest BCUT2D eigenvalue weighted by atomic mass is 16.5. The quantitative estimate of drug-likeness (QED) is 0.781. The van der Waals surface area contributed by atoms with E-state index in [-0.39, 0.29) is 12.0 Å². The van der Waals surface area contributed by atoms with Crippen molar-refractivity contribution in [2.45, 2.75) is 38.6 Å². The Morgan fingerprint density at radius 2 is 1.95 bits per heavy atom. The van der Waals surface area contributed by atoms with Crippen LogP contribution in [-0.2, 0) is 22.4 Å². The lowest BCUT2D eigenvalue weighted by Gasteiger charge is -2.25. The van der Waals surface area contributed by atoms with Crippen molar-refractivity contribution in [3.63, 3.8) is 0 Å². The van der Waals surface area contributed by atoms with Gasteiger partial charge in [0.05, 0.1) is 6.61 Å². The van der Waals surface area contributed by atoms with Gasteiger partial charge in [-0.15, -0.1) is 0 Å². The summed E-state index contributed by atoms with van der Waals surface area (Å²) in [7, 11) is 3.84. The maximum Gasteiger partial charge on any atom is 0.327 e. The van der Waals surface area contributed by atoms with Crippen LogP contribution in [0.15, 0.2) is 18.2 Å². The molecule has 1 atom stereocenters. The first-order chi connectivity index (χ1) is 9.13. The summed E-state index contributed by atoms with van der Waals surface area (Å²) in [5.74, 6) is -0.164. The van der Waals surface area contributed by atoms with E-state index in [1.165, 1.54) is 30.4 Å². The smallest absolute Gasteiger partial charge is 0.327 e. The van der Waals surface area contributed by atoms with Crippen LogP contribution in [0.5, 0.6) is 0 Å². The lowest BCUT2D eigenvalue weighted by Crippen LogP contribution is -2.29. The molecule has 0 saturated carbocycles. The number of benzene rings is 1. The molecule has 104 valence electrons. The first-order valence-electron chi connectivity index (χ1n) is 7.08. The first-order valence-corrected chi connectivity index (χ1v) is 7.08. The third kappa shape index (κ3) is 3.16. The number of carbonyl (C=O) groups excluding carboxylic acids is 1. The van der Waals surface area contributed by atoms with Gasteiger partial charge in [0.2, 0.25) is 0 Å². The SMILES string of the molecule is CCOC(=O)C(c1ccc2c(c1)CCCC2)N(C)C. The van der Waals surface area contributed by atoms with Crippen LogP contribution in [0.3, 0.4) is 0 Å². The molecule has 0 aromatic heterocycles. The predicted molar refractivity (Wildman–Crippen MR) is 76.1 cm³/mol. The van der Waals surface area contributed by atoms with Gasteiger partial charge in [0.15, 0.2) is 0 Å². The van der Waals surface area contributed by atoms with Crippen LogP contribution >= 0.6 is 0 Å². The lowest BCUT2D eigenvalue weighted by atomic mass is 9.89. The molecule has 1 aliphatic carbocycles. The van der Waals surface area contributed by atoms with Crippen molar-refractivity contribution in [2.75, 3.05) is 20.7 Å². The van der Waals surface area contributed by atoms with E-state index in [0.717, 1.165) is 12.0 Å². The molecule has 0 amide bonds. The second kappa shape index (κ2) is 6.20. The van der Waals surface area contributed by atoms with E-state index in [2.05, 4.69) is 18.2 Å². The summed E-state index contributed by atoms with van der Waals surface area (Å²) in [6.07, 6.45) is 4.83. The first kappa shape index (κ1) is 14.1. The Balaban J connectivity index is 2.29. The van der Waals surface area contributed by atoms with Crippen LogP contribution in [0.1, 0.15) is 42.5 Å². The van der Waals surface area contributed by atoms with Crippen LogP contribution in [0.2, 0.25) is 0 Å². The standard InChI is InChI=1S/C16H23NO2/c1-4-19-16(18)15(17(2)3)14-10-9-12-7-5-6-8-13(12)11-14/h9-11,15H,4-8H2,1-3H3. The van der Waals surface area contributed by atoms with E-state index in [0.29, 0.717) is 6.61 Å². The fraction of sp³-hybridized carbons (Fsp3) is 0.562. The van der Waals surface area contributed by atoms with Gasteiger partial charge >= 0.3 is 5.97 Å². The Hall–Kier alpha value is -1.35. The fourth-order valence-electron chi connectivity index (χ4n) is 2.79. The number of ether oxygens (including phenoxy) is 1. The summed E-state index contributed by atoms with van der Waals surface area (Å²) in [6.45, 7) is 2.27. The highest BCUT2D eigenvalue weighted by Crippen LogP contribution is 2.27. The Bertz CT molecular complexity index is 454. The second-order valence-electron chi connectivity index (χ2n) is 5.35. The molecule has 1 aromatic carbocycles. The summed E-state index contributed by atoms with van der Waals surface area (Å²) in [4.78, 5) is 14.0. The average Bonchev–Trinajstić information content (AvgIpc) is 2.38. The largest absolute Gasteiger partial charge is 0.465 e. The molecule has 19 heavy (non-hydrogen) atoms. The summed E-state index contributed by atoms with van der Waals surface area (Å²) >= 11 is 0. The predicted octanol–water partition coefficient (Wildman–Crippen LogP) is 2.73. The van der Waals surface area contributed by atoms with Crippen molar-refractivity contribution in [1.29, 1.82) is 0 Å². The maximum atomic E-state index is 12.1. The Labute approximate surface area is 115 Å². The van der Waals surface area contributed by atoms with Gasteiger partial charge in [-0.05, 0) is 63.4 Å². The summed E-state index contributed by atoms with van der Waals surface area (Å²) in [5, 5.41) is 0. The molecule has 3 nitrogen and oxygen atoms in total. The zero-order valence-electron chi connectivity index (χ0n) is 12.1. The minimum atomic E-state index is -0.299. The highest BCUT2D eigenvalue weighted by molar-refractivity contribution is 5.77. The Morgan fingerprint density at radius 1 is 1.26 bits per heavy atom. The maximum absolute atomic E-state index is 12.1. The van der Waals surface area contributed by atoms with Gasteiger partial charge in [0.25, 0.3) is 0 Å². The van der Waals surface area contributed by atoms with Crippen molar-refractivity contribution in [3.8, 4) is 0 Å². The molecule has 1 unspecified atom stereocenters. The summed E-state index contributed by atoms with van der Waals surface area (Å²) < 4.78 is 5.18. The molecule has 3 heteroatoms. The van der Waals surface area contributed by atoms with Crippen LogP contribution in [0.4, 0.5) is 0 Å². The lowest BCUT2D eigenvalue weighted by molar-refractivity contribution is -0.148. The number of hydrogen-bond donors (Lipinski definition) is 0. The average molecular weight is 261 g/mol. The van der Waals surface area contributed by atoms with Crippen LogP contribution < -0.4 is 0 Å². The zero-order valence-corrected chi connectivity index (χ0v) is 12.1. The van der Waals surface area contributed by atoms with E-state index in [1.54, 1.807) is 0 Å². The van der Waals surface area contributed by atoms with Gasteiger partial charge in [-0.25, -0.2) is 4.79 Å². The van der Waals surface area contributed by atoms with Crippen molar-refractivity contribution in [1.82, 2.24) is 4.90 Å². The number of likely N-dealkylation sites (N-methyl/N-ethyl adjacent to an activating group) is 1. The third-order valence-electron chi connectivity index (χ3n) is 3.71. The molecule has 0 N–H and O–H groups in total. The van der Waals surface area contributed by atoms with Gasteiger partial charge in [0.1, 0.15) is 6.04 Å². The van der Waals surface area contributed by atoms with Crippen LogP contribution in [0, 0.1) is 0 Å². The number of carbonyl (C=O) groups is 1. The van der Waals surface area contributed by atoms with Crippen molar-refractivity contribution >= 4 is 5.97 Å². The summed E-state index contributed by atoms with van der Waals surface area (Å²) in [6, 6.07) is 6.15. The highest BCUT2D eigenvalue weighted by Gasteiger charge is 2.25. The van der Waals surface area contributed by atoms with Crippen LogP contribution in [0.25, 0.3) is 0 Å². The van der Waals surface area contributed by atoms with Crippen molar-refractivity contribution in [2.24, 2.45) is 0 Å². The molecule has 0 saturated heterocycles. The molecule has 0 bridgehead atoms. The minimum Gasteiger partial charge on any atom is -0.465 e. The van der Waals surface area contributed by atoms with E-state index in [9.17, 15) is 4.79 Å². The normalized spacial score (nSPS) is 16.0. The number of nitrogens with zero attached hydrogens (tertiary/aromatic N) is 1. The number of fused-ring (bicyclic) bond motifs is 1. The van der Waals surface area contributed by atoms with Crippen molar-refractivity contribution in [3.05, 3.63) is 34.9 Å². The zero-order chi connectivity index (χ0) is 13.8. The van der Waals surface area contributed by atoms with Crippen LogP contribution in [-0.4, -0.2) is 31.6 Å². The molecular formula is C16H23NO2. The van der Waals surface area contributed by atoms with Gasteiger partial charge in [-0.1, -0.05) is 18.2 Å². The number of rotatable bonds is 4. The topological polar surface area (TPSA) is 29.5 Å². The molecule has 0 radical (unpaired) electrons. The minimum absolute atomic E-state index is 0.164. The van der Waals surface area contributed by atoms with Gasteiger partial charge in [-0.3, -0.25) is 4.90 Å². The molecular weight excluding hydrogens is 238 g/mol. The molecule has 1 aromatic rings. The molecule has 0 fully saturated rings. The van der Waals surface area contributed by atoms with Gasteiger partial charge in [-0.2, -0.15) is 0 Å². The monoisotopic (exact) mass is 261 g/mol. The van der Waals surface area contributed by atoms with E-state index >= 15 is 0 Å². The van der Waals surface area contributed by atoms with E-state index in [4.69, 9.17) is 4.74 Å². The number of aryl methyl sites for hydroxylation is 2. The Morgan fingerprint density at radius 3 is 2.58 bits per heavy atom. The van der Waals surface area contributed by atoms with E-state index in [1.807, 2.05) is 25.9 Å². The number of esters is 1. The van der Waals surface area contributed by atoms with Gasteiger partial charge < -0.3 is 4.74 Å². The van der Waals surface area contributed by atoms with Gasteiger partial charge in [0, 0.05) is 0 Å². The number of hydrogen-bond acceptors (Lipinski definition) is 3. The third-order valence-corrected chi connectivity index (χ3v) is 3.71. The summed E-state index contributed by atoms with van der Waals surface area (Å²) in [5.41, 5.74) is 3.89. The van der Waals surface area contributed by atoms with Crippen molar-refractivity contribution < 1.29 is 9.53 Å². The molecule has 0 spiro atoms.